The SMILES string of the molecule is O[C@H](COc1cccc2[nH]ccc12)Cn1nnc(-c2ccccc2)n1. The monoisotopic (exact) mass is 335 g/mol. The molecule has 0 spiro atoms. The van der Waals surface area contributed by atoms with Crippen LogP contribution in [0, 0.1) is 0 Å². The third-order valence-corrected chi connectivity index (χ3v) is 3.85. The van der Waals surface area contributed by atoms with Crippen LogP contribution in [0.15, 0.2) is 60.8 Å². The Morgan fingerprint density at radius 2 is 1.96 bits per heavy atom. The van der Waals surface area contributed by atoms with Gasteiger partial charge >= 0.3 is 0 Å². The van der Waals surface area contributed by atoms with Gasteiger partial charge in [-0.1, -0.05) is 36.4 Å². The molecule has 0 amide bonds. The zero-order valence-corrected chi connectivity index (χ0v) is 13.4. The molecule has 0 saturated carbocycles. The summed E-state index contributed by atoms with van der Waals surface area (Å²) in [7, 11) is 0. The summed E-state index contributed by atoms with van der Waals surface area (Å²) in [6, 6.07) is 17.3. The predicted molar refractivity (Wildman–Crippen MR) is 93.1 cm³/mol. The van der Waals surface area contributed by atoms with E-state index in [2.05, 4.69) is 20.4 Å². The molecular formula is C18H17N5O2. The number of aliphatic hydroxyl groups is 1. The van der Waals surface area contributed by atoms with Crippen molar-refractivity contribution in [3.05, 3.63) is 60.8 Å². The molecule has 25 heavy (non-hydrogen) atoms. The molecule has 0 saturated heterocycles. The molecule has 0 bridgehead atoms. The number of hydrogen-bond donors (Lipinski definition) is 2. The molecule has 7 heteroatoms. The number of rotatable bonds is 6. The summed E-state index contributed by atoms with van der Waals surface area (Å²) >= 11 is 0. The molecule has 2 aromatic heterocycles. The van der Waals surface area contributed by atoms with Crippen LogP contribution in [0.3, 0.4) is 0 Å². The number of aromatic amines is 1. The number of aromatic nitrogens is 5. The van der Waals surface area contributed by atoms with Gasteiger partial charge in [0, 0.05) is 22.7 Å². The molecule has 7 nitrogen and oxygen atoms in total. The minimum atomic E-state index is -0.743. The Labute approximate surface area is 143 Å². The van der Waals surface area contributed by atoms with Gasteiger partial charge < -0.3 is 14.8 Å². The number of aliphatic hydroxyl groups excluding tert-OH is 1. The van der Waals surface area contributed by atoms with Gasteiger partial charge in [-0.15, -0.1) is 10.2 Å². The van der Waals surface area contributed by atoms with Crippen molar-refractivity contribution in [1.29, 1.82) is 0 Å². The molecule has 0 radical (unpaired) electrons. The molecular weight excluding hydrogens is 318 g/mol. The van der Waals surface area contributed by atoms with Gasteiger partial charge in [0.15, 0.2) is 0 Å². The van der Waals surface area contributed by atoms with E-state index in [9.17, 15) is 5.11 Å². The Bertz CT molecular complexity index is 964. The van der Waals surface area contributed by atoms with Crippen molar-refractivity contribution in [3.8, 4) is 17.1 Å². The quantitative estimate of drug-likeness (QED) is 0.564. The van der Waals surface area contributed by atoms with Crippen molar-refractivity contribution >= 4 is 10.9 Å². The highest BCUT2D eigenvalue weighted by atomic mass is 16.5. The maximum absolute atomic E-state index is 10.2. The van der Waals surface area contributed by atoms with Gasteiger partial charge in [-0.05, 0) is 23.4 Å². The molecule has 0 fully saturated rings. The van der Waals surface area contributed by atoms with Crippen LogP contribution >= 0.6 is 0 Å². The Morgan fingerprint density at radius 1 is 1.08 bits per heavy atom. The number of H-pyrrole nitrogens is 1. The molecule has 2 N–H and O–H groups in total. The first-order chi connectivity index (χ1) is 12.3. The number of tetrazole rings is 1. The second kappa shape index (κ2) is 6.74. The number of ether oxygens (including phenoxy) is 1. The first-order valence-corrected chi connectivity index (χ1v) is 8.00. The van der Waals surface area contributed by atoms with Crippen LogP contribution in [0.1, 0.15) is 0 Å². The predicted octanol–water partition coefficient (Wildman–Crippen LogP) is 2.26. The van der Waals surface area contributed by atoms with E-state index in [1.54, 1.807) is 0 Å². The van der Waals surface area contributed by atoms with Gasteiger partial charge in [0.1, 0.15) is 18.5 Å². The summed E-state index contributed by atoms with van der Waals surface area (Å²) in [5.74, 6) is 1.26. The number of hydrogen-bond acceptors (Lipinski definition) is 5. The fourth-order valence-electron chi connectivity index (χ4n) is 2.63. The normalized spacial score (nSPS) is 12.4. The first kappa shape index (κ1) is 15.3. The lowest BCUT2D eigenvalue weighted by Gasteiger charge is -2.12. The van der Waals surface area contributed by atoms with E-state index >= 15 is 0 Å². The summed E-state index contributed by atoms with van der Waals surface area (Å²) in [6.07, 6.45) is 1.12. The van der Waals surface area contributed by atoms with Crippen molar-refractivity contribution in [2.45, 2.75) is 12.6 Å². The molecule has 0 aliphatic rings. The van der Waals surface area contributed by atoms with Gasteiger partial charge in [-0.3, -0.25) is 0 Å². The summed E-state index contributed by atoms with van der Waals surface area (Å²) in [5, 5.41) is 23.5. The number of nitrogens with one attached hydrogen (secondary N) is 1. The lowest BCUT2D eigenvalue weighted by atomic mass is 10.2. The fourth-order valence-corrected chi connectivity index (χ4v) is 2.63. The molecule has 126 valence electrons. The molecule has 4 rings (SSSR count). The van der Waals surface area contributed by atoms with Crippen molar-refractivity contribution in [2.75, 3.05) is 6.61 Å². The summed E-state index contributed by atoms with van der Waals surface area (Å²) < 4.78 is 5.74. The average molecular weight is 335 g/mol. The lowest BCUT2D eigenvalue weighted by Crippen LogP contribution is -2.25. The second-order valence-electron chi connectivity index (χ2n) is 5.69. The van der Waals surface area contributed by atoms with Crippen LogP contribution in [0.5, 0.6) is 5.75 Å². The third-order valence-electron chi connectivity index (χ3n) is 3.85. The molecule has 2 heterocycles. The van der Waals surface area contributed by atoms with Gasteiger partial charge in [0.2, 0.25) is 5.82 Å². The maximum atomic E-state index is 10.2. The van der Waals surface area contributed by atoms with Gasteiger partial charge in [0.05, 0.1) is 6.54 Å². The summed E-state index contributed by atoms with van der Waals surface area (Å²) in [5.41, 5.74) is 1.89. The highest BCUT2D eigenvalue weighted by molar-refractivity contribution is 5.85. The van der Waals surface area contributed by atoms with Crippen molar-refractivity contribution in [3.63, 3.8) is 0 Å². The zero-order valence-electron chi connectivity index (χ0n) is 13.4. The molecule has 2 aromatic carbocycles. The van der Waals surface area contributed by atoms with E-state index in [0.717, 1.165) is 22.2 Å². The number of fused-ring (bicyclic) bond motifs is 1. The van der Waals surface area contributed by atoms with E-state index in [4.69, 9.17) is 4.74 Å². The fraction of sp³-hybridized carbons (Fsp3) is 0.167. The average Bonchev–Trinajstić information content (AvgIpc) is 3.30. The Morgan fingerprint density at radius 3 is 2.84 bits per heavy atom. The lowest BCUT2D eigenvalue weighted by molar-refractivity contribution is 0.0857. The number of benzene rings is 2. The molecule has 0 aliphatic heterocycles. The van der Waals surface area contributed by atoms with Crippen LogP contribution in [0.25, 0.3) is 22.3 Å². The molecule has 0 unspecified atom stereocenters. The Kier molecular flexibility index (Phi) is 4.14. The van der Waals surface area contributed by atoms with Crippen LogP contribution in [0.4, 0.5) is 0 Å². The van der Waals surface area contributed by atoms with E-state index in [0.29, 0.717) is 5.82 Å². The van der Waals surface area contributed by atoms with E-state index in [1.165, 1.54) is 4.80 Å². The highest BCUT2D eigenvalue weighted by Crippen LogP contribution is 2.24. The minimum Gasteiger partial charge on any atom is -0.490 e. The second-order valence-corrected chi connectivity index (χ2v) is 5.69. The van der Waals surface area contributed by atoms with Crippen LogP contribution in [0.2, 0.25) is 0 Å². The summed E-state index contributed by atoms with van der Waals surface area (Å²) in [6.45, 7) is 0.357. The standard InChI is InChI=1S/C18H17N5O2/c24-14(12-25-17-8-4-7-16-15(17)9-10-19-16)11-23-21-18(20-22-23)13-5-2-1-3-6-13/h1-10,14,19,24H,11-12H2/t14-/m0/s1. The molecule has 1 atom stereocenters. The highest BCUT2D eigenvalue weighted by Gasteiger charge is 2.12. The third kappa shape index (κ3) is 3.36. The smallest absolute Gasteiger partial charge is 0.204 e. The van der Waals surface area contributed by atoms with Gasteiger partial charge in [-0.25, -0.2) is 0 Å². The van der Waals surface area contributed by atoms with Gasteiger partial charge in [-0.2, -0.15) is 4.80 Å². The largest absolute Gasteiger partial charge is 0.490 e. The Hall–Kier alpha value is -3.19. The topological polar surface area (TPSA) is 88.9 Å². The van der Waals surface area contributed by atoms with Crippen molar-refractivity contribution in [2.24, 2.45) is 0 Å². The molecule has 4 aromatic rings. The zero-order chi connectivity index (χ0) is 17.1. The van der Waals surface area contributed by atoms with E-state index < -0.39 is 6.10 Å². The van der Waals surface area contributed by atoms with E-state index in [1.807, 2.05) is 60.8 Å². The first-order valence-electron chi connectivity index (χ1n) is 8.00. The summed E-state index contributed by atoms with van der Waals surface area (Å²) in [4.78, 5) is 4.51. The van der Waals surface area contributed by atoms with Crippen molar-refractivity contribution < 1.29 is 9.84 Å². The minimum absolute atomic E-state index is 0.145. The number of nitrogens with zero attached hydrogens (tertiary/aromatic N) is 4. The van der Waals surface area contributed by atoms with E-state index in [-0.39, 0.29) is 13.2 Å². The van der Waals surface area contributed by atoms with Crippen LogP contribution in [-0.4, -0.2) is 43.0 Å². The van der Waals surface area contributed by atoms with Gasteiger partial charge in [0.25, 0.3) is 0 Å². The van der Waals surface area contributed by atoms with Crippen LogP contribution < -0.4 is 4.74 Å². The van der Waals surface area contributed by atoms with Crippen molar-refractivity contribution in [1.82, 2.24) is 25.2 Å². The molecule has 0 aliphatic carbocycles. The Balaban J connectivity index is 1.39. The maximum Gasteiger partial charge on any atom is 0.204 e. The van der Waals surface area contributed by atoms with Crippen LogP contribution in [-0.2, 0) is 6.54 Å².